The summed E-state index contributed by atoms with van der Waals surface area (Å²) in [5, 5.41) is 0. The van der Waals surface area contributed by atoms with E-state index in [2.05, 4.69) is 19.6 Å². The summed E-state index contributed by atoms with van der Waals surface area (Å²) in [6.45, 7) is 2.24. The van der Waals surface area contributed by atoms with Gasteiger partial charge in [0.1, 0.15) is 5.75 Å². The van der Waals surface area contributed by atoms with Crippen LogP contribution in [0.25, 0.3) is 0 Å². The molecule has 0 N–H and O–H groups in total. The molecule has 0 aliphatic heterocycles. The van der Waals surface area contributed by atoms with Gasteiger partial charge >= 0.3 is 5.97 Å². The molecule has 0 spiro atoms. The van der Waals surface area contributed by atoms with Crippen LogP contribution in [0.1, 0.15) is 61.4 Å². The number of benzene rings is 2. The zero-order chi connectivity index (χ0) is 17.2. The fraction of sp³-hybridized carbons (Fsp3) is 0.381. The van der Waals surface area contributed by atoms with Crippen LogP contribution >= 0.6 is 12.6 Å². The van der Waals surface area contributed by atoms with Crippen LogP contribution < -0.4 is 4.74 Å². The molecule has 0 atom stereocenters. The second kappa shape index (κ2) is 10.2. The SMILES string of the molecule is CCCCCCCCc1ccc(C(=O)Oc2ccc(S)cc2)cc1. The van der Waals surface area contributed by atoms with Crippen LogP contribution in [0.3, 0.4) is 0 Å². The van der Waals surface area contributed by atoms with Gasteiger partial charge in [0.05, 0.1) is 5.56 Å². The van der Waals surface area contributed by atoms with Gasteiger partial charge in [-0.2, -0.15) is 0 Å². The molecule has 2 aromatic rings. The Morgan fingerprint density at radius 2 is 1.50 bits per heavy atom. The molecular formula is C21H26O2S. The van der Waals surface area contributed by atoms with Crippen molar-refractivity contribution in [3.8, 4) is 5.75 Å². The summed E-state index contributed by atoms with van der Waals surface area (Å²) in [6.07, 6.45) is 8.86. The molecule has 2 rings (SSSR count). The van der Waals surface area contributed by atoms with Crippen molar-refractivity contribution in [2.45, 2.75) is 56.8 Å². The summed E-state index contributed by atoms with van der Waals surface area (Å²) in [6, 6.07) is 14.8. The summed E-state index contributed by atoms with van der Waals surface area (Å²) >= 11 is 4.21. The first-order chi connectivity index (χ1) is 11.7. The maximum atomic E-state index is 12.1. The Kier molecular flexibility index (Phi) is 7.90. The monoisotopic (exact) mass is 342 g/mol. The average Bonchev–Trinajstić information content (AvgIpc) is 2.60. The summed E-state index contributed by atoms with van der Waals surface area (Å²) < 4.78 is 5.36. The normalized spacial score (nSPS) is 10.6. The molecule has 2 nitrogen and oxygen atoms in total. The molecule has 2 aromatic carbocycles. The molecule has 24 heavy (non-hydrogen) atoms. The number of hydrogen-bond acceptors (Lipinski definition) is 3. The number of carbonyl (C=O) groups excluding carboxylic acids is 1. The topological polar surface area (TPSA) is 26.3 Å². The molecular weight excluding hydrogens is 316 g/mol. The smallest absolute Gasteiger partial charge is 0.343 e. The predicted molar refractivity (Wildman–Crippen MR) is 102 cm³/mol. The number of unbranched alkanes of at least 4 members (excludes halogenated alkanes) is 5. The van der Waals surface area contributed by atoms with Gasteiger partial charge in [-0.25, -0.2) is 4.79 Å². The predicted octanol–water partition coefficient (Wildman–Crippen LogP) is 6.10. The summed E-state index contributed by atoms with van der Waals surface area (Å²) in [5.74, 6) is 0.210. The van der Waals surface area contributed by atoms with Crippen LogP contribution in [0.15, 0.2) is 53.4 Å². The van der Waals surface area contributed by atoms with E-state index in [1.54, 1.807) is 24.3 Å². The third kappa shape index (κ3) is 6.40. The minimum absolute atomic E-state index is 0.326. The number of rotatable bonds is 9. The van der Waals surface area contributed by atoms with Crippen LogP contribution in [0, 0.1) is 0 Å². The van der Waals surface area contributed by atoms with Crippen LogP contribution in [-0.4, -0.2) is 5.97 Å². The molecule has 0 saturated heterocycles. The molecule has 3 heteroatoms. The lowest BCUT2D eigenvalue weighted by Crippen LogP contribution is -2.08. The van der Waals surface area contributed by atoms with Crippen LogP contribution in [0.4, 0.5) is 0 Å². The minimum atomic E-state index is -0.326. The Balaban J connectivity index is 1.78. The number of aryl methyl sites for hydroxylation is 1. The van der Waals surface area contributed by atoms with E-state index in [1.807, 2.05) is 24.3 Å². The van der Waals surface area contributed by atoms with Gasteiger partial charge in [-0.3, -0.25) is 0 Å². The molecule has 0 heterocycles. The summed E-state index contributed by atoms with van der Waals surface area (Å²) in [5.41, 5.74) is 1.86. The Morgan fingerprint density at radius 1 is 0.875 bits per heavy atom. The zero-order valence-corrected chi connectivity index (χ0v) is 15.2. The van der Waals surface area contributed by atoms with E-state index >= 15 is 0 Å². The second-order valence-corrected chi connectivity index (χ2v) is 6.61. The minimum Gasteiger partial charge on any atom is -0.423 e. The van der Waals surface area contributed by atoms with Crippen LogP contribution in [-0.2, 0) is 6.42 Å². The lowest BCUT2D eigenvalue weighted by molar-refractivity contribution is 0.0734. The van der Waals surface area contributed by atoms with Gasteiger partial charge in [-0.1, -0.05) is 51.2 Å². The van der Waals surface area contributed by atoms with Gasteiger partial charge in [0.2, 0.25) is 0 Å². The van der Waals surface area contributed by atoms with Crippen molar-refractivity contribution in [2.75, 3.05) is 0 Å². The number of ether oxygens (including phenoxy) is 1. The van der Waals surface area contributed by atoms with Crippen LogP contribution in [0.5, 0.6) is 5.75 Å². The molecule has 0 aromatic heterocycles. The van der Waals surface area contributed by atoms with Gasteiger partial charge in [-0.05, 0) is 54.8 Å². The molecule has 0 aliphatic carbocycles. The standard InChI is InChI=1S/C21H26O2S/c1-2-3-4-5-6-7-8-17-9-11-18(12-10-17)21(22)23-19-13-15-20(24)16-14-19/h9-16,24H,2-8H2,1H3. The van der Waals surface area contributed by atoms with E-state index in [0.717, 1.165) is 11.3 Å². The highest BCUT2D eigenvalue weighted by atomic mass is 32.1. The zero-order valence-electron chi connectivity index (χ0n) is 14.3. The first kappa shape index (κ1) is 18.6. The number of carbonyl (C=O) groups is 1. The molecule has 128 valence electrons. The molecule has 0 radical (unpaired) electrons. The van der Waals surface area contributed by atoms with Crippen molar-refractivity contribution in [1.29, 1.82) is 0 Å². The Hall–Kier alpha value is -1.74. The van der Waals surface area contributed by atoms with Gasteiger partial charge < -0.3 is 4.74 Å². The lowest BCUT2D eigenvalue weighted by Gasteiger charge is -2.06. The average molecular weight is 343 g/mol. The van der Waals surface area contributed by atoms with Crippen molar-refractivity contribution in [3.05, 3.63) is 59.7 Å². The Bertz CT molecular complexity index is 617. The van der Waals surface area contributed by atoms with Crippen molar-refractivity contribution in [2.24, 2.45) is 0 Å². The van der Waals surface area contributed by atoms with E-state index in [-0.39, 0.29) is 5.97 Å². The Labute approximate surface area is 150 Å². The maximum Gasteiger partial charge on any atom is 0.343 e. The molecule has 0 aliphatic rings. The number of thiol groups is 1. The lowest BCUT2D eigenvalue weighted by atomic mass is 10.0. The highest BCUT2D eigenvalue weighted by Crippen LogP contribution is 2.17. The highest BCUT2D eigenvalue weighted by molar-refractivity contribution is 7.80. The van der Waals surface area contributed by atoms with E-state index in [4.69, 9.17) is 4.74 Å². The quantitative estimate of drug-likeness (QED) is 0.258. The molecule has 0 amide bonds. The molecule has 0 fully saturated rings. The van der Waals surface area contributed by atoms with Gasteiger partial charge in [0.15, 0.2) is 0 Å². The molecule has 0 saturated carbocycles. The van der Waals surface area contributed by atoms with E-state index in [9.17, 15) is 4.79 Å². The first-order valence-electron chi connectivity index (χ1n) is 8.79. The van der Waals surface area contributed by atoms with Crippen molar-refractivity contribution < 1.29 is 9.53 Å². The van der Waals surface area contributed by atoms with E-state index in [1.165, 1.54) is 44.1 Å². The first-order valence-corrected chi connectivity index (χ1v) is 9.24. The van der Waals surface area contributed by atoms with Crippen molar-refractivity contribution in [3.63, 3.8) is 0 Å². The van der Waals surface area contributed by atoms with Gasteiger partial charge in [-0.15, -0.1) is 12.6 Å². The fourth-order valence-corrected chi connectivity index (χ4v) is 2.75. The Morgan fingerprint density at radius 3 is 2.17 bits per heavy atom. The van der Waals surface area contributed by atoms with Gasteiger partial charge in [0.25, 0.3) is 0 Å². The fourth-order valence-electron chi connectivity index (χ4n) is 2.60. The summed E-state index contributed by atoms with van der Waals surface area (Å²) in [7, 11) is 0. The number of hydrogen-bond donors (Lipinski definition) is 1. The van der Waals surface area contributed by atoms with Crippen molar-refractivity contribution in [1.82, 2.24) is 0 Å². The van der Waals surface area contributed by atoms with Crippen LogP contribution in [0.2, 0.25) is 0 Å². The largest absolute Gasteiger partial charge is 0.423 e. The molecule has 0 bridgehead atoms. The second-order valence-electron chi connectivity index (χ2n) is 6.10. The molecule has 0 unspecified atom stereocenters. The third-order valence-corrected chi connectivity index (χ3v) is 4.35. The third-order valence-electron chi connectivity index (χ3n) is 4.06. The number of esters is 1. The highest BCUT2D eigenvalue weighted by Gasteiger charge is 2.08. The summed E-state index contributed by atoms with van der Waals surface area (Å²) in [4.78, 5) is 13.0. The van der Waals surface area contributed by atoms with E-state index < -0.39 is 0 Å². The van der Waals surface area contributed by atoms with Gasteiger partial charge in [0, 0.05) is 4.90 Å². The maximum absolute atomic E-state index is 12.1. The van der Waals surface area contributed by atoms with E-state index in [0.29, 0.717) is 11.3 Å². The van der Waals surface area contributed by atoms with Crippen molar-refractivity contribution >= 4 is 18.6 Å².